The van der Waals surface area contributed by atoms with Crippen molar-refractivity contribution >= 4 is 29.1 Å². The van der Waals surface area contributed by atoms with Crippen LogP contribution in [-0.2, 0) is 0 Å². The summed E-state index contributed by atoms with van der Waals surface area (Å²) in [6.45, 7) is -1.78. The quantitative estimate of drug-likeness (QED) is 0.499. The maximum Gasteiger partial charge on any atom is 0.422 e. The number of hydrogen-bond donors (Lipinski definition) is 2. The fourth-order valence-corrected chi connectivity index (χ4v) is 3.13. The highest BCUT2D eigenvalue weighted by Crippen LogP contribution is 2.34. The van der Waals surface area contributed by atoms with Crippen LogP contribution in [0.15, 0.2) is 46.9 Å². The number of hydrogen-bond acceptors (Lipinski definition) is 4. The molecule has 5 nitrogen and oxygen atoms in total. The molecule has 1 aliphatic carbocycles. The zero-order chi connectivity index (χ0) is 23.6. The van der Waals surface area contributed by atoms with E-state index in [9.17, 15) is 31.9 Å². The SMILES string of the molecule is O=C(NC1=C(Cl)CCC=C1F)c1cc(F)c(-c2ccc(Cl)c(O)n2)cc1OCC(F)(F)F. The number of aromatic nitrogens is 1. The van der Waals surface area contributed by atoms with Crippen LogP contribution in [0.1, 0.15) is 23.2 Å². The summed E-state index contributed by atoms with van der Waals surface area (Å²) >= 11 is 11.6. The summed E-state index contributed by atoms with van der Waals surface area (Å²) in [5, 5.41) is 11.6. The second kappa shape index (κ2) is 9.33. The van der Waals surface area contributed by atoms with E-state index in [0.717, 1.165) is 6.07 Å². The second-order valence-electron chi connectivity index (χ2n) is 6.56. The molecule has 0 unspecified atom stereocenters. The fourth-order valence-electron chi connectivity index (χ4n) is 2.78. The molecule has 1 heterocycles. The molecule has 12 heteroatoms. The first-order chi connectivity index (χ1) is 15.0. The number of carbonyl (C=O) groups excluding carboxylic acids is 1. The molecule has 0 saturated carbocycles. The molecule has 32 heavy (non-hydrogen) atoms. The van der Waals surface area contributed by atoms with E-state index in [1.165, 1.54) is 18.2 Å². The minimum atomic E-state index is -4.76. The third kappa shape index (κ3) is 5.49. The molecule has 1 amide bonds. The molecule has 0 radical (unpaired) electrons. The Labute approximate surface area is 188 Å². The van der Waals surface area contributed by atoms with Crippen LogP contribution in [0.5, 0.6) is 11.6 Å². The Kier molecular flexibility index (Phi) is 6.94. The summed E-state index contributed by atoms with van der Waals surface area (Å²) in [6.07, 6.45) is -3.05. The number of amides is 1. The van der Waals surface area contributed by atoms with E-state index < -0.39 is 47.5 Å². The van der Waals surface area contributed by atoms with Crippen LogP contribution < -0.4 is 10.1 Å². The van der Waals surface area contributed by atoms with Crippen LogP contribution in [0.4, 0.5) is 22.0 Å². The van der Waals surface area contributed by atoms with Gasteiger partial charge in [0.1, 0.15) is 22.4 Å². The molecule has 2 aromatic rings. The highest BCUT2D eigenvalue weighted by molar-refractivity contribution is 6.31. The van der Waals surface area contributed by atoms with Gasteiger partial charge in [0.05, 0.1) is 17.0 Å². The number of pyridine rings is 1. The van der Waals surface area contributed by atoms with Crippen molar-refractivity contribution in [1.29, 1.82) is 0 Å². The molecule has 0 spiro atoms. The largest absolute Gasteiger partial charge is 0.492 e. The monoisotopic (exact) mass is 494 g/mol. The molecule has 0 saturated heterocycles. The van der Waals surface area contributed by atoms with Gasteiger partial charge in [0, 0.05) is 10.6 Å². The third-order valence-corrected chi connectivity index (χ3v) is 4.92. The number of aromatic hydroxyl groups is 1. The summed E-state index contributed by atoms with van der Waals surface area (Å²) in [7, 11) is 0. The zero-order valence-electron chi connectivity index (χ0n) is 15.9. The van der Waals surface area contributed by atoms with Crippen molar-refractivity contribution in [2.45, 2.75) is 19.0 Å². The normalized spacial score (nSPS) is 14.3. The fraction of sp³-hybridized carbons (Fsp3) is 0.200. The van der Waals surface area contributed by atoms with Crippen LogP contribution in [0.2, 0.25) is 5.02 Å². The van der Waals surface area contributed by atoms with Crippen molar-refractivity contribution in [3.63, 3.8) is 0 Å². The number of alkyl halides is 3. The Morgan fingerprint density at radius 3 is 2.56 bits per heavy atom. The van der Waals surface area contributed by atoms with Gasteiger partial charge < -0.3 is 15.2 Å². The summed E-state index contributed by atoms with van der Waals surface area (Å²) in [5.74, 6) is -4.32. The maximum absolute atomic E-state index is 14.8. The minimum Gasteiger partial charge on any atom is -0.492 e. The Morgan fingerprint density at radius 1 is 1.22 bits per heavy atom. The predicted octanol–water partition coefficient (Wildman–Crippen LogP) is 6.02. The van der Waals surface area contributed by atoms with Gasteiger partial charge in [-0.2, -0.15) is 13.2 Å². The highest BCUT2D eigenvalue weighted by atomic mass is 35.5. The van der Waals surface area contributed by atoms with Gasteiger partial charge in [-0.15, -0.1) is 0 Å². The van der Waals surface area contributed by atoms with Crippen molar-refractivity contribution in [3.05, 3.63) is 63.3 Å². The van der Waals surface area contributed by atoms with Crippen molar-refractivity contribution in [1.82, 2.24) is 10.3 Å². The molecular weight excluding hydrogens is 482 g/mol. The molecular formula is C20H13Cl2F5N2O3. The van der Waals surface area contributed by atoms with Crippen LogP contribution in [-0.4, -0.2) is 28.8 Å². The van der Waals surface area contributed by atoms with Gasteiger partial charge in [-0.05, 0) is 43.2 Å². The Balaban J connectivity index is 2.04. The number of carbonyl (C=O) groups is 1. The van der Waals surface area contributed by atoms with Crippen molar-refractivity contribution in [2.24, 2.45) is 0 Å². The zero-order valence-corrected chi connectivity index (χ0v) is 17.4. The lowest BCUT2D eigenvalue weighted by Gasteiger charge is -2.18. The first kappa shape index (κ1) is 23.8. The van der Waals surface area contributed by atoms with Gasteiger partial charge in [0.15, 0.2) is 6.61 Å². The Hall–Kier alpha value is -2.85. The molecule has 0 bridgehead atoms. The van der Waals surface area contributed by atoms with E-state index in [-0.39, 0.29) is 33.4 Å². The van der Waals surface area contributed by atoms with Gasteiger partial charge in [-0.25, -0.2) is 13.8 Å². The van der Waals surface area contributed by atoms with Crippen molar-refractivity contribution in [2.75, 3.05) is 6.61 Å². The summed E-state index contributed by atoms with van der Waals surface area (Å²) in [6, 6.07) is 3.83. The van der Waals surface area contributed by atoms with E-state index in [4.69, 9.17) is 27.9 Å². The van der Waals surface area contributed by atoms with Gasteiger partial charge in [-0.3, -0.25) is 4.79 Å². The number of nitrogens with zero attached hydrogens (tertiary/aromatic N) is 1. The first-order valence-corrected chi connectivity index (χ1v) is 9.67. The molecule has 1 aromatic carbocycles. The van der Waals surface area contributed by atoms with E-state index in [1.807, 2.05) is 0 Å². The van der Waals surface area contributed by atoms with Crippen LogP contribution in [0, 0.1) is 5.82 Å². The maximum atomic E-state index is 14.8. The van der Waals surface area contributed by atoms with Crippen molar-refractivity contribution in [3.8, 4) is 22.9 Å². The molecule has 0 atom stereocenters. The molecule has 3 rings (SSSR count). The molecule has 1 aromatic heterocycles. The topological polar surface area (TPSA) is 71.5 Å². The molecule has 1 aliphatic rings. The lowest BCUT2D eigenvalue weighted by molar-refractivity contribution is -0.153. The lowest BCUT2D eigenvalue weighted by atomic mass is 10.0. The number of rotatable bonds is 5. The smallest absolute Gasteiger partial charge is 0.422 e. The molecule has 0 aliphatic heterocycles. The summed E-state index contributed by atoms with van der Waals surface area (Å²) in [5.41, 5.74) is -1.55. The number of benzene rings is 1. The standard InChI is InChI=1S/C20H13Cl2F5N2O3/c21-11-2-1-3-13(23)17(11)29-18(30)10-6-14(24)9(7-16(10)32-8-20(25,26)27)15-5-4-12(22)19(31)28-15/h3-7H,1-2,8H2,(H,28,31)(H,29,30). The van der Waals surface area contributed by atoms with Crippen LogP contribution >= 0.6 is 23.2 Å². The molecule has 0 fully saturated rings. The first-order valence-electron chi connectivity index (χ1n) is 8.91. The number of halogens is 7. The molecule has 170 valence electrons. The van der Waals surface area contributed by atoms with Gasteiger partial charge >= 0.3 is 6.18 Å². The van der Waals surface area contributed by atoms with E-state index in [1.54, 1.807) is 0 Å². The van der Waals surface area contributed by atoms with Gasteiger partial charge in [-0.1, -0.05) is 23.2 Å². The van der Waals surface area contributed by atoms with E-state index in [2.05, 4.69) is 10.3 Å². The van der Waals surface area contributed by atoms with Gasteiger partial charge in [0.2, 0.25) is 5.88 Å². The minimum absolute atomic E-state index is 0.00552. The average molecular weight is 495 g/mol. The van der Waals surface area contributed by atoms with Crippen molar-refractivity contribution < 1.29 is 36.6 Å². The predicted molar refractivity (Wildman–Crippen MR) is 107 cm³/mol. The number of allylic oxidation sites excluding steroid dienone is 3. The van der Waals surface area contributed by atoms with Crippen LogP contribution in [0.3, 0.4) is 0 Å². The van der Waals surface area contributed by atoms with Crippen LogP contribution in [0.25, 0.3) is 11.3 Å². The molecule has 2 N–H and O–H groups in total. The summed E-state index contributed by atoms with van der Waals surface area (Å²) in [4.78, 5) is 16.3. The van der Waals surface area contributed by atoms with E-state index in [0.29, 0.717) is 12.5 Å². The Bertz CT molecular complexity index is 1130. The average Bonchev–Trinajstić information content (AvgIpc) is 2.71. The second-order valence-corrected chi connectivity index (χ2v) is 7.42. The lowest BCUT2D eigenvalue weighted by Crippen LogP contribution is -2.27. The Morgan fingerprint density at radius 2 is 1.94 bits per heavy atom. The highest BCUT2D eigenvalue weighted by Gasteiger charge is 2.30. The van der Waals surface area contributed by atoms with Gasteiger partial charge in [0.25, 0.3) is 5.91 Å². The third-order valence-electron chi connectivity index (χ3n) is 4.24. The number of ether oxygens (including phenoxy) is 1. The van der Waals surface area contributed by atoms with E-state index >= 15 is 0 Å². The summed E-state index contributed by atoms with van der Waals surface area (Å²) < 4.78 is 71.6. The number of nitrogens with one attached hydrogen (secondary N) is 1.